The third-order valence-corrected chi connectivity index (χ3v) is 3.43. The van der Waals surface area contributed by atoms with Crippen molar-refractivity contribution in [2.45, 2.75) is 38.1 Å². The van der Waals surface area contributed by atoms with Gasteiger partial charge in [0.15, 0.2) is 0 Å². The van der Waals surface area contributed by atoms with Crippen LogP contribution in [-0.4, -0.2) is 25.7 Å². The Labute approximate surface area is 85.2 Å². The van der Waals surface area contributed by atoms with E-state index >= 15 is 0 Å². The molecule has 0 bridgehead atoms. The molecule has 14 heavy (non-hydrogen) atoms. The van der Waals surface area contributed by atoms with Crippen molar-refractivity contribution in [2.75, 3.05) is 13.7 Å². The van der Waals surface area contributed by atoms with E-state index in [4.69, 9.17) is 4.74 Å². The number of esters is 1. The fourth-order valence-corrected chi connectivity index (χ4v) is 2.02. The number of ether oxygens (including phenoxy) is 1. The second-order valence-electron chi connectivity index (χ2n) is 4.50. The van der Waals surface area contributed by atoms with Crippen molar-refractivity contribution < 1.29 is 9.53 Å². The maximum absolute atomic E-state index is 11.5. The number of carbonyl (C=O) groups is 1. The lowest BCUT2D eigenvalue weighted by atomic mass is 9.76. The lowest BCUT2D eigenvalue weighted by molar-refractivity contribution is -0.148. The smallest absolute Gasteiger partial charge is 0.310 e. The summed E-state index contributed by atoms with van der Waals surface area (Å²) in [5.41, 5.74) is 0. The van der Waals surface area contributed by atoms with Crippen LogP contribution in [0.4, 0.5) is 0 Å². The Bertz CT molecular complexity index is 209. The molecule has 1 N–H and O–H groups in total. The summed E-state index contributed by atoms with van der Waals surface area (Å²) in [5, 5.41) is 3.42. The van der Waals surface area contributed by atoms with Crippen LogP contribution >= 0.6 is 0 Å². The zero-order chi connectivity index (χ0) is 9.97. The fraction of sp³-hybridized carbons (Fsp3) is 0.909. The second-order valence-corrected chi connectivity index (χ2v) is 4.50. The molecular weight excluding hydrogens is 178 g/mol. The van der Waals surface area contributed by atoms with Crippen LogP contribution < -0.4 is 5.32 Å². The first-order valence-corrected chi connectivity index (χ1v) is 5.62. The van der Waals surface area contributed by atoms with E-state index in [1.54, 1.807) is 0 Å². The normalized spacial score (nSPS) is 24.1. The summed E-state index contributed by atoms with van der Waals surface area (Å²) in [5.74, 6) is 0.658. The summed E-state index contributed by atoms with van der Waals surface area (Å²) in [6, 6.07) is 0.683. The predicted molar refractivity (Wildman–Crippen MR) is 53.9 cm³/mol. The van der Waals surface area contributed by atoms with Gasteiger partial charge in [-0.15, -0.1) is 0 Å². The maximum atomic E-state index is 11.5. The van der Waals surface area contributed by atoms with E-state index in [9.17, 15) is 4.79 Å². The molecule has 3 nitrogen and oxygen atoms in total. The molecule has 2 fully saturated rings. The Hall–Kier alpha value is -0.570. The van der Waals surface area contributed by atoms with Crippen molar-refractivity contribution in [1.82, 2.24) is 5.32 Å². The van der Waals surface area contributed by atoms with Crippen LogP contribution in [0.2, 0.25) is 0 Å². The van der Waals surface area contributed by atoms with Crippen LogP contribution in [0.15, 0.2) is 0 Å². The minimum absolute atomic E-state index is 0.0251. The molecule has 2 rings (SSSR count). The fourth-order valence-electron chi connectivity index (χ4n) is 2.02. The van der Waals surface area contributed by atoms with E-state index in [-0.39, 0.29) is 11.9 Å². The summed E-state index contributed by atoms with van der Waals surface area (Å²) in [6.07, 6.45) is 6.23. The average molecular weight is 197 g/mol. The van der Waals surface area contributed by atoms with Crippen LogP contribution in [0.5, 0.6) is 0 Å². The van der Waals surface area contributed by atoms with E-state index in [2.05, 4.69) is 5.32 Å². The van der Waals surface area contributed by atoms with Gasteiger partial charge >= 0.3 is 5.97 Å². The number of rotatable bonds is 5. The topological polar surface area (TPSA) is 38.3 Å². The van der Waals surface area contributed by atoms with Crippen molar-refractivity contribution >= 4 is 5.97 Å². The minimum atomic E-state index is -0.0251. The van der Waals surface area contributed by atoms with Gasteiger partial charge in [-0.1, -0.05) is 6.42 Å². The van der Waals surface area contributed by atoms with Crippen molar-refractivity contribution in [3.63, 3.8) is 0 Å². The summed E-state index contributed by atoms with van der Waals surface area (Å²) >= 11 is 0. The maximum Gasteiger partial charge on any atom is 0.310 e. The minimum Gasteiger partial charge on any atom is -0.469 e. The highest BCUT2D eigenvalue weighted by Gasteiger charge is 2.34. The zero-order valence-corrected chi connectivity index (χ0v) is 8.79. The van der Waals surface area contributed by atoms with Gasteiger partial charge in [0.25, 0.3) is 0 Å². The van der Waals surface area contributed by atoms with Gasteiger partial charge in [0, 0.05) is 12.6 Å². The third-order valence-electron chi connectivity index (χ3n) is 3.43. The lowest BCUT2D eigenvalue weighted by Crippen LogP contribution is -2.38. The molecular formula is C11H19NO2. The molecule has 1 atom stereocenters. The van der Waals surface area contributed by atoms with Gasteiger partial charge in [0.2, 0.25) is 0 Å². The molecule has 0 saturated heterocycles. The van der Waals surface area contributed by atoms with Crippen molar-refractivity contribution in [3.8, 4) is 0 Å². The Kier molecular flexibility index (Phi) is 3.06. The summed E-state index contributed by atoms with van der Waals surface area (Å²) in [7, 11) is 1.49. The Morgan fingerprint density at radius 1 is 1.43 bits per heavy atom. The molecule has 1 unspecified atom stereocenters. The highest BCUT2D eigenvalue weighted by Crippen LogP contribution is 2.34. The first-order chi connectivity index (χ1) is 6.81. The van der Waals surface area contributed by atoms with Crippen molar-refractivity contribution in [2.24, 2.45) is 11.8 Å². The largest absolute Gasteiger partial charge is 0.469 e. The molecule has 0 spiro atoms. The SMILES string of the molecule is COC(=O)C(CNC1CC1)C1CCC1. The Morgan fingerprint density at radius 3 is 2.57 bits per heavy atom. The predicted octanol–water partition coefficient (Wildman–Crippen LogP) is 1.33. The molecule has 0 aromatic heterocycles. The number of methoxy groups -OCH3 is 1. The number of hydrogen-bond acceptors (Lipinski definition) is 3. The monoisotopic (exact) mass is 197 g/mol. The number of hydrogen-bond donors (Lipinski definition) is 1. The summed E-state index contributed by atoms with van der Waals surface area (Å²) in [4.78, 5) is 11.5. The highest BCUT2D eigenvalue weighted by atomic mass is 16.5. The van der Waals surface area contributed by atoms with E-state index in [1.807, 2.05) is 0 Å². The average Bonchev–Trinajstić information content (AvgIpc) is 2.91. The molecule has 0 amide bonds. The standard InChI is InChI=1S/C11H19NO2/c1-14-11(13)10(8-3-2-4-8)7-12-9-5-6-9/h8-10,12H,2-7H2,1H3. The van der Waals surface area contributed by atoms with Gasteiger partial charge in [0.05, 0.1) is 13.0 Å². The van der Waals surface area contributed by atoms with Crippen molar-refractivity contribution in [1.29, 1.82) is 0 Å². The second kappa shape index (κ2) is 4.30. The van der Waals surface area contributed by atoms with Crippen LogP contribution in [0.1, 0.15) is 32.1 Å². The summed E-state index contributed by atoms with van der Waals surface area (Å²) < 4.78 is 4.84. The zero-order valence-electron chi connectivity index (χ0n) is 8.79. The van der Waals surface area contributed by atoms with Crippen molar-refractivity contribution in [3.05, 3.63) is 0 Å². The molecule has 2 aliphatic carbocycles. The molecule has 0 aliphatic heterocycles. The number of nitrogens with one attached hydrogen (secondary N) is 1. The number of carbonyl (C=O) groups excluding carboxylic acids is 1. The summed E-state index contributed by atoms with van der Waals surface area (Å²) in [6.45, 7) is 0.821. The van der Waals surface area contributed by atoms with Gasteiger partial charge in [-0.05, 0) is 31.6 Å². The Balaban J connectivity index is 1.80. The molecule has 2 saturated carbocycles. The van der Waals surface area contributed by atoms with Crippen LogP contribution in [0, 0.1) is 11.8 Å². The van der Waals surface area contributed by atoms with Gasteiger partial charge in [-0.25, -0.2) is 0 Å². The molecule has 2 aliphatic rings. The van der Waals surface area contributed by atoms with E-state index < -0.39 is 0 Å². The molecule has 3 heteroatoms. The van der Waals surface area contributed by atoms with E-state index in [0.29, 0.717) is 12.0 Å². The third kappa shape index (κ3) is 2.27. The molecule has 0 heterocycles. The quantitative estimate of drug-likeness (QED) is 0.676. The van der Waals surface area contributed by atoms with Gasteiger partial charge in [-0.2, -0.15) is 0 Å². The van der Waals surface area contributed by atoms with Gasteiger partial charge in [-0.3, -0.25) is 4.79 Å². The van der Waals surface area contributed by atoms with Gasteiger partial charge < -0.3 is 10.1 Å². The van der Waals surface area contributed by atoms with Crippen LogP contribution in [0.3, 0.4) is 0 Å². The highest BCUT2D eigenvalue weighted by molar-refractivity contribution is 5.73. The molecule has 80 valence electrons. The van der Waals surface area contributed by atoms with Gasteiger partial charge in [0.1, 0.15) is 0 Å². The first kappa shape index (κ1) is 9.97. The molecule has 0 aromatic rings. The van der Waals surface area contributed by atoms with Crippen LogP contribution in [0.25, 0.3) is 0 Å². The molecule has 0 radical (unpaired) electrons. The van der Waals surface area contributed by atoms with E-state index in [0.717, 1.165) is 6.54 Å². The first-order valence-electron chi connectivity index (χ1n) is 5.62. The van der Waals surface area contributed by atoms with Crippen LogP contribution in [-0.2, 0) is 9.53 Å². The lowest BCUT2D eigenvalue weighted by Gasteiger charge is -2.32. The molecule has 0 aromatic carbocycles. The van der Waals surface area contributed by atoms with E-state index in [1.165, 1.54) is 39.2 Å². The Morgan fingerprint density at radius 2 is 2.14 bits per heavy atom.